The average molecular weight is 627 g/mol. The lowest BCUT2D eigenvalue weighted by atomic mass is 9.98. The zero-order valence-corrected chi connectivity index (χ0v) is 27.7. The molecule has 4 N–H and O–H groups in total. The predicted molar refractivity (Wildman–Crippen MR) is 179 cm³/mol. The van der Waals surface area contributed by atoms with Crippen molar-refractivity contribution >= 4 is 56.3 Å². The first-order valence-electron chi connectivity index (χ1n) is 15.5. The van der Waals surface area contributed by atoms with Crippen molar-refractivity contribution in [3.63, 3.8) is 0 Å². The number of rotatable bonds is 8. The first kappa shape index (κ1) is 32.8. The number of carbonyl (C=O) groups excluding carboxylic acids is 2. The van der Waals surface area contributed by atoms with Gasteiger partial charge in [-0.25, -0.2) is 9.97 Å². The van der Waals surface area contributed by atoms with Crippen molar-refractivity contribution in [1.82, 2.24) is 19.9 Å². The zero-order valence-electron chi connectivity index (χ0n) is 27.7. The number of aromatic nitrogens is 4. The highest BCUT2D eigenvalue weighted by atomic mass is 16.5. The summed E-state index contributed by atoms with van der Waals surface area (Å²) in [4.78, 5) is 41.4. The molecular weight excluding hydrogens is 584 g/mol. The Labute approximate surface area is 268 Å². The van der Waals surface area contributed by atoms with E-state index in [0.717, 1.165) is 72.3 Å². The molecule has 2 aliphatic heterocycles. The molecule has 0 saturated heterocycles. The van der Waals surface area contributed by atoms with E-state index in [9.17, 15) is 19.8 Å². The molecule has 0 aromatic carbocycles. The van der Waals surface area contributed by atoms with E-state index in [4.69, 9.17) is 19.4 Å². The zero-order chi connectivity index (χ0) is 33.4. The topological polar surface area (TPSA) is 150 Å². The molecule has 0 unspecified atom stereocenters. The van der Waals surface area contributed by atoms with E-state index >= 15 is 0 Å². The third-order valence-electron chi connectivity index (χ3n) is 9.08. The maximum Gasteiger partial charge on any atom is 0.305 e. The monoisotopic (exact) mass is 626 g/mol. The normalized spacial score (nSPS) is 14.5. The van der Waals surface area contributed by atoms with Crippen LogP contribution in [0.4, 0.5) is 0 Å². The summed E-state index contributed by atoms with van der Waals surface area (Å²) in [7, 11) is 2.75. The number of nitrogens with zero attached hydrogens (tertiary/aromatic N) is 2. The second-order valence-electron chi connectivity index (χ2n) is 12.0. The Morgan fingerprint density at radius 1 is 0.652 bits per heavy atom. The molecule has 0 amide bonds. The molecule has 3 aromatic heterocycles. The van der Waals surface area contributed by atoms with E-state index in [1.54, 1.807) is 13.8 Å². The van der Waals surface area contributed by atoms with Gasteiger partial charge in [-0.2, -0.15) is 0 Å². The van der Waals surface area contributed by atoms with Crippen molar-refractivity contribution in [3.05, 3.63) is 69.3 Å². The number of hydrogen-bond acceptors (Lipinski definition) is 8. The third-order valence-corrected chi connectivity index (χ3v) is 9.08. The number of nitrogens with one attached hydrogen (secondary N) is 2. The van der Waals surface area contributed by atoms with Crippen LogP contribution >= 0.6 is 0 Å². The minimum atomic E-state index is -0.760. The van der Waals surface area contributed by atoms with Gasteiger partial charge < -0.3 is 29.7 Å². The molecule has 2 atom stereocenters. The van der Waals surface area contributed by atoms with Crippen molar-refractivity contribution in [2.45, 2.75) is 79.4 Å². The van der Waals surface area contributed by atoms with Crippen LogP contribution in [0.25, 0.3) is 44.4 Å². The smallest absolute Gasteiger partial charge is 0.305 e. The van der Waals surface area contributed by atoms with Crippen LogP contribution in [-0.4, -0.2) is 56.3 Å². The molecule has 8 bridgehead atoms. The fourth-order valence-corrected chi connectivity index (χ4v) is 6.51. The van der Waals surface area contributed by atoms with Gasteiger partial charge in [0.15, 0.2) is 0 Å². The Morgan fingerprint density at radius 2 is 1.04 bits per heavy atom. The van der Waals surface area contributed by atoms with Gasteiger partial charge in [-0.1, -0.05) is 0 Å². The van der Waals surface area contributed by atoms with Gasteiger partial charge in [0, 0.05) is 46.0 Å². The van der Waals surface area contributed by atoms with E-state index in [0.29, 0.717) is 29.9 Å². The largest absolute Gasteiger partial charge is 0.469 e. The molecule has 2 aliphatic rings. The number of methoxy groups -OCH3 is 2. The molecule has 10 nitrogen and oxygen atoms in total. The number of allylic oxidation sites excluding steroid dienone is 4. The van der Waals surface area contributed by atoms with Gasteiger partial charge in [0.2, 0.25) is 0 Å². The highest BCUT2D eigenvalue weighted by Gasteiger charge is 2.24. The minimum absolute atomic E-state index is 0.185. The maximum absolute atomic E-state index is 12.2. The maximum atomic E-state index is 12.2. The molecule has 0 saturated carbocycles. The summed E-state index contributed by atoms with van der Waals surface area (Å²) in [5.74, 6) is -0.633. The van der Waals surface area contributed by atoms with Crippen molar-refractivity contribution in [2.24, 2.45) is 0 Å². The van der Waals surface area contributed by atoms with Crippen molar-refractivity contribution in [2.75, 3.05) is 14.2 Å². The number of aryl methyl sites for hydroxylation is 2. The lowest BCUT2D eigenvalue weighted by Gasteiger charge is -2.06. The van der Waals surface area contributed by atoms with E-state index in [1.165, 1.54) is 14.2 Å². The van der Waals surface area contributed by atoms with E-state index in [-0.39, 0.29) is 24.8 Å². The van der Waals surface area contributed by atoms with Crippen LogP contribution in [0.2, 0.25) is 0 Å². The molecule has 0 spiro atoms. The number of aliphatic hydroxyl groups excluding tert-OH is 2. The first-order valence-corrected chi connectivity index (χ1v) is 15.5. The van der Waals surface area contributed by atoms with Crippen LogP contribution in [-0.2, 0) is 19.1 Å². The minimum Gasteiger partial charge on any atom is -0.469 e. The lowest BCUT2D eigenvalue weighted by Crippen LogP contribution is -2.01. The van der Waals surface area contributed by atoms with Crippen LogP contribution in [0, 0.1) is 13.8 Å². The number of carbonyl (C=O) groups is 2. The molecule has 5 rings (SSSR count). The quantitative estimate of drug-likeness (QED) is 0.199. The third kappa shape index (κ3) is 6.15. The van der Waals surface area contributed by atoms with E-state index in [1.807, 2.05) is 52.0 Å². The van der Waals surface area contributed by atoms with Gasteiger partial charge in [-0.15, -0.1) is 0 Å². The van der Waals surface area contributed by atoms with E-state index < -0.39 is 12.2 Å². The standard InChI is InChI=1S/C36H42N4O6/c1-17-23(9-11-33(43)45-7)29-16-30-24(10-12-34(44)46-8)18(2)26(38-30)14-31-36(22(6)42)20(4)28(40-31)15-32-35(21(5)41)19(3)27(39-32)13-25(17)37-29/h13-16,21-22,39-42H,9-12H2,1-8H3/t21-,22+/m0/s1. The van der Waals surface area contributed by atoms with Gasteiger partial charge in [0.25, 0.3) is 0 Å². The number of aliphatic hydroxyl groups is 2. The summed E-state index contributed by atoms with van der Waals surface area (Å²) in [5.41, 5.74) is 12.7. The summed E-state index contributed by atoms with van der Waals surface area (Å²) < 4.78 is 9.86. The second kappa shape index (κ2) is 13.1. The number of ether oxygens (including phenoxy) is 2. The fourth-order valence-electron chi connectivity index (χ4n) is 6.51. The average Bonchev–Trinajstić information content (AvgIpc) is 3.67. The summed E-state index contributed by atoms with van der Waals surface area (Å²) >= 11 is 0. The Bertz CT molecular complexity index is 1960. The summed E-state index contributed by atoms with van der Waals surface area (Å²) in [6.45, 7) is 11.4. The first-order chi connectivity index (χ1) is 21.8. The van der Waals surface area contributed by atoms with Crippen LogP contribution in [0.15, 0.2) is 24.3 Å². The number of H-pyrrole nitrogens is 2. The van der Waals surface area contributed by atoms with E-state index in [2.05, 4.69) is 9.97 Å². The molecule has 10 heteroatoms. The number of fused-ring (bicyclic) bond motifs is 8. The van der Waals surface area contributed by atoms with Gasteiger partial charge >= 0.3 is 11.9 Å². The molecule has 242 valence electrons. The molecule has 3 aromatic rings. The summed E-state index contributed by atoms with van der Waals surface area (Å²) in [5, 5.41) is 21.7. The van der Waals surface area contributed by atoms with Crippen molar-refractivity contribution in [1.29, 1.82) is 0 Å². The highest BCUT2D eigenvalue weighted by molar-refractivity contribution is 5.96. The molecule has 0 fully saturated rings. The molecule has 46 heavy (non-hydrogen) atoms. The molecule has 0 aliphatic carbocycles. The van der Waals surface area contributed by atoms with Gasteiger partial charge in [-0.3, -0.25) is 9.59 Å². The SMILES string of the molecule is COC(=O)CCC1=C(C)c2cc3[nH]c(cc4[nH]c(cc5nc(cc1n2)C(CCC(=O)OC)=C5C)c([C@@H](C)O)c4C)c([C@H](C)O)c3C. The lowest BCUT2D eigenvalue weighted by molar-refractivity contribution is -0.141. The fraction of sp³-hybridized carbons (Fsp3) is 0.389. The number of hydrogen-bond donors (Lipinski definition) is 4. The van der Waals surface area contributed by atoms with Crippen molar-refractivity contribution in [3.8, 4) is 0 Å². The van der Waals surface area contributed by atoms with Gasteiger partial charge in [0.1, 0.15) is 0 Å². The molecule has 5 heterocycles. The van der Waals surface area contributed by atoms with Crippen molar-refractivity contribution < 1.29 is 29.3 Å². The Balaban J connectivity index is 1.91. The van der Waals surface area contributed by atoms with Gasteiger partial charge in [0.05, 0.1) is 49.2 Å². The van der Waals surface area contributed by atoms with Gasteiger partial charge in [-0.05, 0) is 112 Å². The molecule has 0 radical (unpaired) electrons. The Hall–Kier alpha value is -4.54. The van der Waals surface area contributed by atoms with Crippen LogP contribution in [0.1, 0.15) is 111 Å². The Kier molecular flexibility index (Phi) is 9.32. The summed E-state index contributed by atoms with van der Waals surface area (Å²) in [6.07, 6.45) is -0.289. The second-order valence-corrected chi connectivity index (χ2v) is 12.0. The Morgan fingerprint density at radius 3 is 1.46 bits per heavy atom. The summed E-state index contributed by atoms with van der Waals surface area (Å²) in [6, 6.07) is 7.77. The molecular formula is C36H42N4O6. The van der Waals surface area contributed by atoms with Crippen LogP contribution in [0.3, 0.4) is 0 Å². The highest BCUT2D eigenvalue weighted by Crippen LogP contribution is 2.39. The van der Waals surface area contributed by atoms with Crippen LogP contribution in [0.5, 0.6) is 0 Å². The number of aromatic amines is 2. The predicted octanol–water partition coefficient (Wildman–Crippen LogP) is 6.81. The number of esters is 2. The van der Waals surface area contributed by atoms with Crippen LogP contribution < -0.4 is 0 Å².